The van der Waals surface area contributed by atoms with E-state index in [0.717, 1.165) is 26.2 Å². The molecule has 1 fully saturated rings. The Bertz CT molecular complexity index is 193. The van der Waals surface area contributed by atoms with E-state index >= 15 is 0 Å². The number of esters is 1. The number of rotatable bonds is 5. The second-order valence-electron chi connectivity index (χ2n) is 3.62. The quantitative estimate of drug-likeness (QED) is 0.494. The fraction of sp³-hybridized carbons (Fsp3) is 0.900. The Morgan fingerprint density at radius 3 is 2.67 bits per heavy atom. The van der Waals surface area contributed by atoms with Crippen LogP contribution < -0.4 is 5.32 Å². The van der Waals surface area contributed by atoms with Crippen LogP contribution in [0.3, 0.4) is 0 Å². The molecule has 0 amide bonds. The van der Waals surface area contributed by atoms with Crippen molar-refractivity contribution in [3.05, 3.63) is 0 Å². The number of nitrogens with zero attached hydrogens (tertiary/aromatic N) is 1. The summed E-state index contributed by atoms with van der Waals surface area (Å²) in [6.45, 7) is 6.37. The molecule has 1 aliphatic rings. The number of nitrogens with one attached hydrogen (secondary N) is 1. The summed E-state index contributed by atoms with van der Waals surface area (Å²) >= 11 is 0. The number of carbonyl (C=O) groups is 1. The molecule has 0 aromatic carbocycles. The van der Waals surface area contributed by atoms with Gasteiger partial charge in [-0.3, -0.25) is 9.69 Å². The van der Waals surface area contributed by atoms with Gasteiger partial charge in [0.1, 0.15) is 12.6 Å². The molecule has 88 valence electrons. The number of ether oxygens (including phenoxy) is 2. The standard InChI is InChI=1S/C10H20N2O3/c1-9(10(13)15-8-7-14-2)12-5-3-11-4-6-12/h9,11H,3-8H2,1-2H3. The zero-order valence-corrected chi connectivity index (χ0v) is 9.49. The monoisotopic (exact) mass is 216 g/mol. The molecule has 5 nitrogen and oxygen atoms in total. The van der Waals surface area contributed by atoms with Gasteiger partial charge in [0.2, 0.25) is 0 Å². The summed E-state index contributed by atoms with van der Waals surface area (Å²) in [7, 11) is 1.59. The minimum Gasteiger partial charge on any atom is -0.462 e. The van der Waals surface area contributed by atoms with Gasteiger partial charge < -0.3 is 14.8 Å². The first-order chi connectivity index (χ1) is 7.25. The summed E-state index contributed by atoms with van der Waals surface area (Å²) in [5.74, 6) is -0.158. The Balaban J connectivity index is 2.24. The lowest BCUT2D eigenvalue weighted by Gasteiger charge is -2.31. The van der Waals surface area contributed by atoms with Crippen molar-refractivity contribution in [1.82, 2.24) is 10.2 Å². The SMILES string of the molecule is COCCOC(=O)C(C)N1CCNCC1. The van der Waals surface area contributed by atoms with E-state index in [2.05, 4.69) is 10.2 Å². The molecular weight excluding hydrogens is 196 g/mol. The third-order valence-corrected chi connectivity index (χ3v) is 2.57. The summed E-state index contributed by atoms with van der Waals surface area (Å²) in [4.78, 5) is 13.7. The van der Waals surface area contributed by atoms with Gasteiger partial charge in [-0.2, -0.15) is 0 Å². The predicted molar refractivity (Wildman–Crippen MR) is 56.7 cm³/mol. The molecule has 1 N–H and O–H groups in total. The third kappa shape index (κ3) is 4.15. The Labute approximate surface area is 90.7 Å². The van der Waals surface area contributed by atoms with Crippen LogP contribution in [0.2, 0.25) is 0 Å². The van der Waals surface area contributed by atoms with Crippen LogP contribution in [0.15, 0.2) is 0 Å². The highest BCUT2D eigenvalue weighted by molar-refractivity contribution is 5.75. The maximum absolute atomic E-state index is 11.6. The van der Waals surface area contributed by atoms with Crippen molar-refractivity contribution in [3.8, 4) is 0 Å². The van der Waals surface area contributed by atoms with Gasteiger partial charge in [0.15, 0.2) is 0 Å². The molecule has 0 spiro atoms. The van der Waals surface area contributed by atoms with Crippen molar-refractivity contribution >= 4 is 5.97 Å². The first kappa shape index (κ1) is 12.4. The van der Waals surface area contributed by atoms with Gasteiger partial charge in [-0.1, -0.05) is 0 Å². The van der Waals surface area contributed by atoms with Gasteiger partial charge in [-0.15, -0.1) is 0 Å². The normalized spacial score (nSPS) is 19.9. The first-order valence-corrected chi connectivity index (χ1v) is 5.36. The zero-order valence-electron chi connectivity index (χ0n) is 9.49. The van der Waals surface area contributed by atoms with E-state index in [1.54, 1.807) is 7.11 Å². The molecule has 0 radical (unpaired) electrons. The lowest BCUT2D eigenvalue weighted by molar-refractivity contribution is -0.150. The summed E-state index contributed by atoms with van der Waals surface area (Å²) in [5.41, 5.74) is 0. The van der Waals surface area contributed by atoms with Gasteiger partial charge in [0, 0.05) is 33.3 Å². The Morgan fingerprint density at radius 2 is 2.07 bits per heavy atom. The van der Waals surface area contributed by atoms with Gasteiger partial charge in [-0.05, 0) is 6.92 Å². The van der Waals surface area contributed by atoms with E-state index in [1.807, 2.05) is 6.92 Å². The van der Waals surface area contributed by atoms with E-state index in [-0.39, 0.29) is 12.0 Å². The van der Waals surface area contributed by atoms with Crippen LogP contribution in [0, 0.1) is 0 Å². The van der Waals surface area contributed by atoms with Gasteiger partial charge in [-0.25, -0.2) is 0 Å². The lowest BCUT2D eigenvalue weighted by atomic mass is 10.2. The van der Waals surface area contributed by atoms with Gasteiger partial charge in [0.05, 0.1) is 6.61 Å². The van der Waals surface area contributed by atoms with Crippen LogP contribution in [-0.4, -0.2) is 63.4 Å². The molecule has 1 rings (SSSR count). The summed E-state index contributed by atoms with van der Waals surface area (Å²) in [6, 6.07) is -0.149. The van der Waals surface area contributed by atoms with Crippen molar-refractivity contribution in [2.45, 2.75) is 13.0 Å². The molecule has 1 heterocycles. The Hall–Kier alpha value is -0.650. The van der Waals surface area contributed by atoms with Crippen molar-refractivity contribution in [1.29, 1.82) is 0 Å². The average molecular weight is 216 g/mol. The Morgan fingerprint density at radius 1 is 1.40 bits per heavy atom. The molecule has 15 heavy (non-hydrogen) atoms. The number of carbonyl (C=O) groups excluding carboxylic acids is 1. The maximum atomic E-state index is 11.6. The molecule has 0 aliphatic carbocycles. The average Bonchev–Trinajstić information content (AvgIpc) is 2.29. The molecule has 0 aromatic heterocycles. The molecule has 0 saturated carbocycles. The molecule has 0 aromatic rings. The van der Waals surface area contributed by atoms with E-state index in [1.165, 1.54) is 0 Å². The molecule has 1 aliphatic heterocycles. The summed E-state index contributed by atoms with van der Waals surface area (Å²) in [5, 5.41) is 3.25. The van der Waals surface area contributed by atoms with E-state index in [9.17, 15) is 4.79 Å². The van der Waals surface area contributed by atoms with Gasteiger partial charge in [0.25, 0.3) is 0 Å². The highest BCUT2D eigenvalue weighted by Gasteiger charge is 2.23. The minimum absolute atomic E-state index is 0.149. The second kappa shape index (κ2) is 6.76. The van der Waals surface area contributed by atoms with Gasteiger partial charge >= 0.3 is 5.97 Å². The van der Waals surface area contributed by atoms with Crippen LogP contribution in [-0.2, 0) is 14.3 Å². The molecule has 1 unspecified atom stereocenters. The second-order valence-corrected chi connectivity index (χ2v) is 3.62. The number of hydrogen-bond acceptors (Lipinski definition) is 5. The van der Waals surface area contributed by atoms with E-state index in [0.29, 0.717) is 13.2 Å². The lowest BCUT2D eigenvalue weighted by Crippen LogP contribution is -2.50. The third-order valence-electron chi connectivity index (χ3n) is 2.57. The van der Waals surface area contributed by atoms with Crippen LogP contribution in [0.25, 0.3) is 0 Å². The molecule has 5 heteroatoms. The van der Waals surface area contributed by atoms with Crippen LogP contribution in [0.4, 0.5) is 0 Å². The smallest absolute Gasteiger partial charge is 0.323 e. The molecule has 0 bridgehead atoms. The van der Waals surface area contributed by atoms with Crippen molar-refractivity contribution < 1.29 is 14.3 Å². The molecular formula is C10H20N2O3. The molecule has 1 atom stereocenters. The Kier molecular flexibility index (Phi) is 5.60. The van der Waals surface area contributed by atoms with Crippen LogP contribution in [0.5, 0.6) is 0 Å². The largest absolute Gasteiger partial charge is 0.462 e. The maximum Gasteiger partial charge on any atom is 0.323 e. The number of methoxy groups -OCH3 is 1. The van der Waals surface area contributed by atoms with Crippen molar-refractivity contribution in [2.24, 2.45) is 0 Å². The first-order valence-electron chi connectivity index (χ1n) is 5.36. The van der Waals surface area contributed by atoms with Crippen molar-refractivity contribution in [3.63, 3.8) is 0 Å². The van der Waals surface area contributed by atoms with E-state index < -0.39 is 0 Å². The topological polar surface area (TPSA) is 50.8 Å². The number of piperazine rings is 1. The van der Waals surface area contributed by atoms with Crippen LogP contribution in [0.1, 0.15) is 6.92 Å². The molecule has 1 saturated heterocycles. The fourth-order valence-electron chi connectivity index (χ4n) is 1.56. The van der Waals surface area contributed by atoms with Crippen LogP contribution >= 0.6 is 0 Å². The summed E-state index contributed by atoms with van der Waals surface area (Å²) < 4.78 is 9.89. The van der Waals surface area contributed by atoms with E-state index in [4.69, 9.17) is 9.47 Å². The van der Waals surface area contributed by atoms with Crippen molar-refractivity contribution in [2.75, 3.05) is 46.5 Å². The highest BCUT2D eigenvalue weighted by Crippen LogP contribution is 2.02. The fourth-order valence-corrected chi connectivity index (χ4v) is 1.56. The zero-order chi connectivity index (χ0) is 11.1. The highest BCUT2D eigenvalue weighted by atomic mass is 16.6. The summed E-state index contributed by atoms with van der Waals surface area (Å²) in [6.07, 6.45) is 0. The minimum atomic E-state index is -0.158. The number of hydrogen-bond donors (Lipinski definition) is 1. The predicted octanol–water partition coefficient (Wildman–Crippen LogP) is -0.530.